The minimum absolute atomic E-state index is 0.251. The predicted molar refractivity (Wildman–Crippen MR) is 113 cm³/mol. The highest BCUT2D eigenvalue weighted by molar-refractivity contribution is 7.14. The van der Waals surface area contributed by atoms with Crippen molar-refractivity contribution in [1.82, 2.24) is 10.2 Å². The lowest BCUT2D eigenvalue weighted by Gasteiger charge is -2.37. The maximum Gasteiger partial charge on any atom is 0.193 e. The van der Waals surface area contributed by atoms with Crippen molar-refractivity contribution in [2.75, 3.05) is 51.8 Å². The Hall–Kier alpha value is -2.21. The van der Waals surface area contributed by atoms with Crippen LogP contribution in [0.15, 0.2) is 46.8 Å². The van der Waals surface area contributed by atoms with E-state index < -0.39 is 0 Å². The standard InChI is InChI=1S/C21H28N4OS/c1-22-20(25-13-11-24(12-14-25)19-4-3-15-27-19)23-16-21(9-10-21)17-5-7-18(26-2)8-6-17/h3-8,15H,9-14,16H2,1-2H3,(H,22,23). The smallest absolute Gasteiger partial charge is 0.193 e. The molecule has 1 saturated carbocycles. The molecule has 1 saturated heterocycles. The van der Waals surface area contributed by atoms with Gasteiger partial charge in [0.25, 0.3) is 0 Å². The normalized spacial score (nSPS) is 19.1. The number of rotatable bonds is 5. The molecule has 1 aromatic heterocycles. The summed E-state index contributed by atoms with van der Waals surface area (Å²) in [4.78, 5) is 9.40. The van der Waals surface area contributed by atoms with E-state index >= 15 is 0 Å². The number of guanidine groups is 1. The Kier molecular flexibility index (Phi) is 5.25. The van der Waals surface area contributed by atoms with Crippen LogP contribution in [-0.2, 0) is 5.41 Å². The van der Waals surface area contributed by atoms with Crippen LogP contribution in [0.4, 0.5) is 5.00 Å². The molecule has 5 nitrogen and oxygen atoms in total. The predicted octanol–water partition coefficient (Wildman–Crippen LogP) is 3.19. The molecule has 0 atom stereocenters. The van der Waals surface area contributed by atoms with Crippen LogP contribution < -0.4 is 15.0 Å². The quantitative estimate of drug-likeness (QED) is 0.635. The monoisotopic (exact) mass is 384 g/mol. The van der Waals surface area contributed by atoms with Crippen LogP contribution in [-0.4, -0.2) is 57.7 Å². The Labute approximate surface area is 165 Å². The number of nitrogens with one attached hydrogen (secondary N) is 1. The van der Waals surface area contributed by atoms with Crippen molar-refractivity contribution in [1.29, 1.82) is 0 Å². The number of piperazine rings is 1. The van der Waals surface area contributed by atoms with E-state index in [9.17, 15) is 0 Å². The second-order valence-electron chi connectivity index (χ2n) is 7.33. The first kappa shape index (κ1) is 18.2. The van der Waals surface area contributed by atoms with Crippen LogP contribution >= 0.6 is 11.3 Å². The number of anilines is 1. The number of ether oxygens (including phenoxy) is 1. The summed E-state index contributed by atoms with van der Waals surface area (Å²) < 4.78 is 5.29. The summed E-state index contributed by atoms with van der Waals surface area (Å²) in [7, 11) is 3.60. The Morgan fingerprint density at radius 3 is 2.44 bits per heavy atom. The molecule has 0 amide bonds. The lowest BCUT2D eigenvalue weighted by molar-refractivity contribution is 0.371. The highest BCUT2D eigenvalue weighted by Crippen LogP contribution is 2.47. The number of hydrogen-bond donors (Lipinski definition) is 1. The number of hydrogen-bond acceptors (Lipinski definition) is 4. The highest BCUT2D eigenvalue weighted by atomic mass is 32.1. The van der Waals surface area contributed by atoms with Gasteiger partial charge in [-0.3, -0.25) is 4.99 Å². The molecule has 1 aliphatic heterocycles. The molecular formula is C21H28N4OS. The van der Waals surface area contributed by atoms with Crippen molar-refractivity contribution in [2.45, 2.75) is 18.3 Å². The van der Waals surface area contributed by atoms with E-state index in [4.69, 9.17) is 4.74 Å². The molecule has 1 aromatic carbocycles. The first-order chi connectivity index (χ1) is 13.2. The van der Waals surface area contributed by atoms with Crippen LogP contribution in [0.25, 0.3) is 0 Å². The van der Waals surface area contributed by atoms with Crippen LogP contribution in [0.5, 0.6) is 5.75 Å². The molecule has 0 unspecified atom stereocenters. The van der Waals surface area contributed by atoms with Crippen LogP contribution in [0, 0.1) is 0 Å². The largest absolute Gasteiger partial charge is 0.497 e. The number of thiophene rings is 1. The van der Waals surface area contributed by atoms with E-state index in [2.05, 4.69) is 61.9 Å². The third kappa shape index (κ3) is 3.90. The van der Waals surface area contributed by atoms with Gasteiger partial charge in [0.2, 0.25) is 0 Å². The van der Waals surface area contributed by atoms with Gasteiger partial charge in [0.15, 0.2) is 5.96 Å². The van der Waals surface area contributed by atoms with E-state index in [0.717, 1.165) is 44.4 Å². The zero-order valence-electron chi connectivity index (χ0n) is 16.1. The molecule has 6 heteroatoms. The fourth-order valence-electron chi connectivity index (χ4n) is 3.83. The highest BCUT2D eigenvalue weighted by Gasteiger charge is 2.44. The molecule has 4 rings (SSSR count). The molecule has 2 aliphatic rings. The summed E-state index contributed by atoms with van der Waals surface area (Å²) in [6.07, 6.45) is 2.46. The van der Waals surface area contributed by atoms with Gasteiger partial charge in [-0.1, -0.05) is 12.1 Å². The Bertz CT molecular complexity index is 760. The van der Waals surface area contributed by atoms with Gasteiger partial charge in [0.1, 0.15) is 5.75 Å². The van der Waals surface area contributed by atoms with E-state index in [0.29, 0.717) is 0 Å². The molecule has 2 fully saturated rings. The topological polar surface area (TPSA) is 40.1 Å². The molecule has 0 bridgehead atoms. The first-order valence-electron chi connectivity index (χ1n) is 9.63. The van der Waals surface area contributed by atoms with Crippen molar-refractivity contribution in [2.24, 2.45) is 4.99 Å². The minimum atomic E-state index is 0.251. The Morgan fingerprint density at radius 1 is 1.15 bits per heavy atom. The number of nitrogens with zero attached hydrogens (tertiary/aromatic N) is 3. The van der Waals surface area contributed by atoms with Gasteiger partial charge in [-0.05, 0) is 48.1 Å². The van der Waals surface area contributed by atoms with E-state index in [1.54, 1.807) is 7.11 Å². The van der Waals surface area contributed by atoms with Crippen molar-refractivity contribution in [3.05, 3.63) is 47.3 Å². The second kappa shape index (κ2) is 7.80. The number of methoxy groups -OCH3 is 1. The van der Waals surface area contributed by atoms with Gasteiger partial charge >= 0.3 is 0 Å². The van der Waals surface area contributed by atoms with Crippen LogP contribution in [0.2, 0.25) is 0 Å². The van der Waals surface area contributed by atoms with E-state index in [1.807, 2.05) is 18.4 Å². The lowest BCUT2D eigenvalue weighted by atomic mass is 9.96. The van der Waals surface area contributed by atoms with E-state index in [1.165, 1.54) is 23.4 Å². The van der Waals surface area contributed by atoms with Crippen molar-refractivity contribution >= 4 is 22.3 Å². The zero-order valence-corrected chi connectivity index (χ0v) is 17.0. The van der Waals surface area contributed by atoms with Gasteiger partial charge in [-0.15, -0.1) is 11.3 Å². The summed E-state index contributed by atoms with van der Waals surface area (Å²) in [5.74, 6) is 1.95. The summed E-state index contributed by atoms with van der Waals surface area (Å²) >= 11 is 1.82. The van der Waals surface area contributed by atoms with E-state index in [-0.39, 0.29) is 5.41 Å². The fourth-order valence-corrected chi connectivity index (χ4v) is 4.62. The number of aliphatic imine (C=N–C) groups is 1. The van der Waals surface area contributed by atoms with Crippen LogP contribution in [0.1, 0.15) is 18.4 Å². The molecule has 1 N–H and O–H groups in total. The van der Waals surface area contributed by atoms with Gasteiger partial charge in [-0.25, -0.2) is 0 Å². The first-order valence-corrected chi connectivity index (χ1v) is 10.5. The van der Waals surface area contributed by atoms with Gasteiger partial charge in [-0.2, -0.15) is 0 Å². The van der Waals surface area contributed by atoms with Gasteiger partial charge in [0.05, 0.1) is 12.1 Å². The average molecular weight is 385 g/mol. The maximum absolute atomic E-state index is 5.29. The molecule has 0 spiro atoms. The molecular weight excluding hydrogens is 356 g/mol. The molecule has 2 aromatic rings. The zero-order chi connectivity index (χ0) is 18.7. The summed E-state index contributed by atoms with van der Waals surface area (Å²) in [6.45, 7) is 5.05. The van der Waals surface area contributed by atoms with Crippen molar-refractivity contribution < 1.29 is 4.74 Å². The Balaban J connectivity index is 1.33. The number of benzene rings is 1. The van der Waals surface area contributed by atoms with Gasteiger partial charge < -0.3 is 19.9 Å². The van der Waals surface area contributed by atoms with Crippen molar-refractivity contribution in [3.8, 4) is 5.75 Å². The maximum atomic E-state index is 5.29. The minimum Gasteiger partial charge on any atom is -0.497 e. The summed E-state index contributed by atoms with van der Waals surface area (Å²) in [6, 6.07) is 12.9. The third-order valence-electron chi connectivity index (χ3n) is 5.75. The molecule has 1 aliphatic carbocycles. The average Bonchev–Trinajstić information content (AvgIpc) is 3.31. The van der Waals surface area contributed by atoms with Crippen molar-refractivity contribution in [3.63, 3.8) is 0 Å². The summed E-state index contributed by atoms with van der Waals surface area (Å²) in [5.41, 5.74) is 1.65. The second-order valence-corrected chi connectivity index (χ2v) is 8.26. The van der Waals surface area contributed by atoms with Crippen LogP contribution in [0.3, 0.4) is 0 Å². The lowest BCUT2D eigenvalue weighted by Crippen LogP contribution is -2.53. The molecule has 0 radical (unpaired) electrons. The summed E-state index contributed by atoms with van der Waals surface area (Å²) in [5, 5.41) is 7.17. The Morgan fingerprint density at radius 2 is 1.89 bits per heavy atom. The fraction of sp³-hybridized carbons (Fsp3) is 0.476. The molecule has 144 valence electrons. The molecule has 27 heavy (non-hydrogen) atoms. The third-order valence-corrected chi connectivity index (χ3v) is 6.68. The van der Waals surface area contributed by atoms with Gasteiger partial charge in [0, 0.05) is 45.2 Å². The molecule has 2 heterocycles. The SMILES string of the molecule is CN=C(NCC1(c2ccc(OC)cc2)CC1)N1CCN(c2cccs2)CC1.